The number of fused-ring (bicyclic) bond motifs is 1. The number of benzene rings is 1. The highest BCUT2D eigenvalue weighted by molar-refractivity contribution is 7.10. The van der Waals surface area contributed by atoms with Crippen LogP contribution in [-0.4, -0.2) is 22.1 Å². The maximum atomic E-state index is 13.6. The normalized spacial score (nSPS) is 15.4. The van der Waals surface area contributed by atoms with Gasteiger partial charge in [-0.05, 0) is 44.4 Å². The van der Waals surface area contributed by atoms with Gasteiger partial charge >= 0.3 is 5.97 Å². The number of nitro groups is 1. The number of rotatable bonds is 6. The Morgan fingerprint density at radius 1 is 1.27 bits per heavy atom. The van der Waals surface area contributed by atoms with E-state index in [1.165, 1.54) is 33.3 Å². The van der Waals surface area contributed by atoms with Gasteiger partial charge in [0.1, 0.15) is 17.6 Å². The van der Waals surface area contributed by atoms with E-state index >= 15 is 0 Å². The summed E-state index contributed by atoms with van der Waals surface area (Å²) < 4.78 is 13.1. The average Bonchev–Trinajstić information content (AvgIpc) is 3.61. The molecule has 0 unspecified atom stereocenters. The maximum Gasteiger partial charge on any atom is 0.338 e. The fraction of sp³-hybridized carbons (Fsp3) is 0.192. The van der Waals surface area contributed by atoms with Crippen molar-refractivity contribution in [1.82, 2.24) is 4.57 Å². The lowest BCUT2D eigenvalue weighted by Gasteiger charge is -2.23. The van der Waals surface area contributed by atoms with Crippen molar-refractivity contribution in [2.75, 3.05) is 6.61 Å². The zero-order chi connectivity index (χ0) is 26.3. The Morgan fingerprint density at radius 3 is 2.78 bits per heavy atom. The summed E-state index contributed by atoms with van der Waals surface area (Å²) >= 11 is 2.65. The van der Waals surface area contributed by atoms with Gasteiger partial charge in [-0.1, -0.05) is 29.5 Å². The molecule has 0 bridgehead atoms. The number of hydrogen-bond donors (Lipinski definition) is 0. The monoisotopic (exact) mass is 535 g/mol. The van der Waals surface area contributed by atoms with Gasteiger partial charge in [0.15, 0.2) is 4.80 Å². The Morgan fingerprint density at radius 2 is 2.08 bits per heavy atom. The molecular formula is C26H21N3O6S2. The van der Waals surface area contributed by atoms with Gasteiger partial charge in [0.2, 0.25) is 0 Å². The van der Waals surface area contributed by atoms with Crippen molar-refractivity contribution >= 4 is 40.4 Å². The highest BCUT2D eigenvalue weighted by Gasteiger charge is 2.33. The Kier molecular flexibility index (Phi) is 6.48. The SMILES string of the molecule is CCOC(=O)C1=C(C)N=c2s/c(=C/c3ccc(-c4ccc(C)c([N+](=O)[O-])c4)o3)c(=O)n2[C@H]1c1cccs1. The number of aryl methyl sites for hydroxylation is 1. The van der Waals surface area contributed by atoms with Crippen LogP contribution in [0.25, 0.3) is 17.4 Å². The van der Waals surface area contributed by atoms with Crippen LogP contribution in [0.4, 0.5) is 5.69 Å². The van der Waals surface area contributed by atoms with Crippen LogP contribution in [0.1, 0.15) is 36.1 Å². The van der Waals surface area contributed by atoms with Gasteiger partial charge in [0.25, 0.3) is 11.2 Å². The third-order valence-electron chi connectivity index (χ3n) is 5.92. The third kappa shape index (κ3) is 4.47. The number of thiophene rings is 1. The van der Waals surface area contributed by atoms with Gasteiger partial charge in [0, 0.05) is 28.1 Å². The van der Waals surface area contributed by atoms with E-state index in [9.17, 15) is 19.7 Å². The summed E-state index contributed by atoms with van der Waals surface area (Å²) in [5, 5.41) is 13.2. The Labute approximate surface area is 218 Å². The lowest BCUT2D eigenvalue weighted by Crippen LogP contribution is -2.39. The summed E-state index contributed by atoms with van der Waals surface area (Å²) in [5.74, 6) is 0.357. The number of carbonyl (C=O) groups is 1. The predicted octanol–water partition coefficient (Wildman–Crippen LogP) is 4.34. The zero-order valence-corrected chi connectivity index (χ0v) is 21.7. The lowest BCUT2D eigenvalue weighted by atomic mass is 10.0. The molecule has 4 heterocycles. The Hall–Kier alpha value is -4.09. The molecule has 1 atom stereocenters. The van der Waals surface area contributed by atoms with E-state index in [-0.39, 0.29) is 17.9 Å². The molecular weight excluding hydrogens is 514 g/mol. The minimum atomic E-state index is -0.641. The molecule has 5 rings (SSSR count). The number of nitrogens with zero attached hydrogens (tertiary/aromatic N) is 3. The van der Waals surface area contributed by atoms with Crippen LogP contribution in [0, 0.1) is 17.0 Å². The number of nitro benzene ring substituents is 1. The summed E-state index contributed by atoms with van der Waals surface area (Å²) in [4.78, 5) is 43.2. The smallest absolute Gasteiger partial charge is 0.338 e. The maximum absolute atomic E-state index is 13.6. The average molecular weight is 536 g/mol. The van der Waals surface area contributed by atoms with E-state index in [1.807, 2.05) is 17.5 Å². The van der Waals surface area contributed by atoms with E-state index in [2.05, 4.69) is 4.99 Å². The quantitative estimate of drug-likeness (QED) is 0.206. The van der Waals surface area contributed by atoms with E-state index in [1.54, 1.807) is 51.1 Å². The number of ether oxygens (including phenoxy) is 1. The lowest BCUT2D eigenvalue weighted by molar-refractivity contribution is -0.385. The van der Waals surface area contributed by atoms with Crippen LogP contribution >= 0.6 is 22.7 Å². The summed E-state index contributed by atoms with van der Waals surface area (Å²) in [6, 6.07) is 11.4. The molecule has 3 aromatic heterocycles. The first-order valence-corrected chi connectivity index (χ1v) is 13.1. The highest BCUT2D eigenvalue weighted by Crippen LogP contribution is 2.33. The highest BCUT2D eigenvalue weighted by atomic mass is 32.1. The minimum absolute atomic E-state index is 0.00473. The second-order valence-electron chi connectivity index (χ2n) is 8.28. The van der Waals surface area contributed by atoms with Gasteiger partial charge in [-0.25, -0.2) is 9.79 Å². The molecule has 0 spiro atoms. The number of aromatic nitrogens is 1. The fourth-order valence-corrected chi connectivity index (χ4v) is 6.03. The largest absolute Gasteiger partial charge is 0.463 e. The topological polar surface area (TPSA) is 117 Å². The molecule has 11 heteroatoms. The van der Waals surface area contributed by atoms with E-state index in [4.69, 9.17) is 9.15 Å². The standard InChI is InChI=1S/C26H21N3O6S2/c1-4-34-25(31)22-15(3)27-26-28(23(22)20-6-5-11-36-20)24(30)21(37-26)13-17-9-10-19(35-17)16-8-7-14(2)18(12-16)29(32)33/h5-13,23H,4H2,1-3H3/b21-13+/t23-/m0/s1. The molecule has 0 N–H and O–H groups in total. The molecule has 1 aromatic carbocycles. The van der Waals surface area contributed by atoms with Gasteiger partial charge in [-0.3, -0.25) is 19.5 Å². The first kappa shape index (κ1) is 24.6. The number of allylic oxidation sites excluding steroid dienone is 1. The summed E-state index contributed by atoms with van der Waals surface area (Å²) in [5.41, 5.74) is 1.66. The predicted molar refractivity (Wildman–Crippen MR) is 140 cm³/mol. The molecule has 0 aliphatic carbocycles. The summed E-state index contributed by atoms with van der Waals surface area (Å²) in [6.45, 7) is 5.36. The number of thiazole rings is 1. The van der Waals surface area contributed by atoms with Crippen molar-refractivity contribution in [1.29, 1.82) is 0 Å². The minimum Gasteiger partial charge on any atom is -0.463 e. The molecule has 9 nitrogen and oxygen atoms in total. The van der Waals surface area contributed by atoms with Crippen molar-refractivity contribution in [2.24, 2.45) is 4.99 Å². The van der Waals surface area contributed by atoms with Crippen molar-refractivity contribution < 1.29 is 18.9 Å². The summed E-state index contributed by atoms with van der Waals surface area (Å²) in [6.07, 6.45) is 1.62. The van der Waals surface area contributed by atoms with E-state index < -0.39 is 16.9 Å². The molecule has 0 radical (unpaired) electrons. The second kappa shape index (κ2) is 9.75. The molecule has 188 valence electrons. The van der Waals surface area contributed by atoms with Gasteiger partial charge in [0.05, 0.1) is 27.3 Å². The van der Waals surface area contributed by atoms with Gasteiger partial charge in [-0.15, -0.1) is 11.3 Å². The van der Waals surface area contributed by atoms with Crippen LogP contribution < -0.4 is 14.9 Å². The fourth-order valence-electron chi connectivity index (χ4n) is 4.18. The first-order chi connectivity index (χ1) is 17.8. The van der Waals surface area contributed by atoms with Crippen molar-refractivity contribution in [2.45, 2.75) is 26.8 Å². The van der Waals surface area contributed by atoms with E-state index in [0.29, 0.717) is 43.3 Å². The Bertz CT molecular complexity index is 1740. The first-order valence-electron chi connectivity index (χ1n) is 11.4. The molecule has 1 aliphatic rings. The number of hydrogen-bond acceptors (Lipinski definition) is 9. The van der Waals surface area contributed by atoms with Crippen molar-refractivity contribution in [3.8, 4) is 11.3 Å². The molecule has 0 amide bonds. The van der Waals surface area contributed by atoms with Crippen molar-refractivity contribution in [3.05, 3.63) is 105 Å². The number of esters is 1. The molecule has 37 heavy (non-hydrogen) atoms. The summed E-state index contributed by atoms with van der Waals surface area (Å²) in [7, 11) is 0. The van der Waals surface area contributed by atoms with Crippen LogP contribution in [0.3, 0.4) is 0 Å². The van der Waals surface area contributed by atoms with Crippen LogP contribution in [0.2, 0.25) is 0 Å². The number of furan rings is 1. The number of carbonyl (C=O) groups excluding carboxylic acids is 1. The molecule has 1 aliphatic heterocycles. The third-order valence-corrected chi connectivity index (χ3v) is 7.83. The Balaban J connectivity index is 1.59. The van der Waals surface area contributed by atoms with Gasteiger partial charge < -0.3 is 9.15 Å². The second-order valence-corrected chi connectivity index (χ2v) is 10.3. The van der Waals surface area contributed by atoms with Gasteiger partial charge in [-0.2, -0.15) is 0 Å². The zero-order valence-electron chi connectivity index (χ0n) is 20.1. The van der Waals surface area contributed by atoms with E-state index in [0.717, 1.165) is 4.88 Å². The molecule has 0 fully saturated rings. The molecule has 0 saturated carbocycles. The van der Waals surface area contributed by atoms with Crippen LogP contribution in [0.15, 0.2) is 73.3 Å². The van der Waals surface area contributed by atoms with Crippen LogP contribution in [-0.2, 0) is 9.53 Å². The molecule has 4 aromatic rings. The van der Waals surface area contributed by atoms with Crippen molar-refractivity contribution in [3.63, 3.8) is 0 Å². The van der Waals surface area contributed by atoms with Crippen LogP contribution in [0.5, 0.6) is 0 Å². The molecule has 0 saturated heterocycles.